The Balaban J connectivity index is 1.51. The molecule has 2 saturated heterocycles. The van der Waals surface area contributed by atoms with Gasteiger partial charge in [-0.2, -0.15) is 0 Å². The Morgan fingerprint density at radius 2 is 2.12 bits per heavy atom. The van der Waals surface area contributed by atoms with Crippen molar-refractivity contribution in [2.75, 3.05) is 31.3 Å². The number of ether oxygens (including phenoxy) is 2. The molecular formula is C20H22F2N6O4S2. The van der Waals surface area contributed by atoms with Gasteiger partial charge in [-0.3, -0.25) is 4.40 Å². The van der Waals surface area contributed by atoms with Crippen LogP contribution >= 0.6 is 11.3 Å². The van der Waals surface area contributed by atoms with Crippen LogP contribution in [0.15, 0.2) is 23.4 Å². The summed E-state index contributed by atoms with van der Waals surface area (Å²) in [6, 6.07) is 1.56. The SMILES string of the molecule is CC1(NS(=O)(=O)c2cc(N3CCO[C@@H]4COC[C@@H]43)c3cnc(-c4nnc(C(F)F)s4)n3c2)CC1. The zero-order valence-electron chi connectivity index (χ0n) is 18.1. The van der Waals surface area contributed by atoms with Crippen molar-refractivity contribution in [3.05, 3.63) is 23.5 Å². The number of halogens is 2. The lowest BCUT2D eigenvalue weighted by Gasteiger charge is -2.38. The first-order valence-corrected chi connectivity index (χ1v) is 13.2. The highest BCUT2D eigenvalue weighted by Gasteiger charge is 2.42. The van der Waals surface area contributed by atoms with E-state index in [-0.39, 0.29) is 27.9 Å². The fraction of sp³-hybridized carbons (Fsp3) is 0.550. The maximum Gasteiger partial charge on any atom is 0.291 e. The summed E-state index contributed by atoms with van der Waals surface area (Å²) in [4.78, 5) is 6.56. The highest BCUT2D eigenvalue weighted by molar-refractivity contribution is 7.89. The monoisotopic (exact) mass is 512 g/mol. The molecule has 2 aliphatic heterocycles. The van der Waals surface area contributed by atoms with Gasteiger partial charge in [-0.1, -0.05) is 11.3 Å². The van der Waals surface area contributed by atoms with Crippen molar-refractivity contribution in [2.24, 2.45) is 0 Å². The Bertz CT molecular complexity index is 1360. The largest absolute Gasteiger partial charge is 0.376 e. The molecule has 3 fully saturated rings. The maximum absolute atomic E-state index is 13.3. The zero-order chi connectivity index (χ0) is 23.7. The Morgan fingerprint density at radius 3 is 2.85 bits per heavy atom. The molecule has 3 aliphatic rings. The van der Waals surface area contributed by atoms with E-state index in [2.05, 4.69) is 24.8 Å². The summed E-state index contributed by atoms with van der Waals surface area (Å²) >= 11 is 0.730. The van der Waals surface area contributed by atoms with Gasteiger partial charge < -0.3 is 14.4 Å². The molecule has 6 rings (SSSR count). The van der Waals surface area contributed by atoms with Crippen LogP contribution in [0, 0.1) is 0 Å². The van der Waals surface area contributed by atoms with Crippen molar-refractivity contribution in [3.8, 4) is 10.8 Å². The molecule has 0 unspecified atom stereocenters. The Kier molecular flexibility index (Phi) is 5.15. The van der Waals surface area contributed by atoms with Gasteiger partial charge in [0, 0.05) is 18.3 Å². The number of nitrogens with zero attached hydrogens (tertiary/aromatic N) is 5. The van der Waals surface area contributed by atoms with E-state index in [9.17, 15) is 17.2 Å². The minimum Gasteiger partial charge on any atom is -0.376 e. The molecule has 34 heavy (non-hydrogen) atoms. The van der Waals surface area contributed by atoms with Crippen LogP contribution in [-0.2, 0) is 19.5 Å². The second-order valence-electron chi connectivity index (χ2n) is 9.02. The average molecular weight is 513 g/mol. The van der Waals surface area contributed by atoms with Crippen LogP contribution in [-0.4, -0.2) is 72.0 Å². The Hall–Kier alpha value is -2.26. The van der Waals surface area contributed by atoms with Crippen LogP contribution in [0.2, 0.25) is 0 Å². The number of hydrogen-bond acceptors (Lipinski definition) is 9. The molecule has 1 N–H and O–H groups in total. The molecule has 3 aromatic heterocycles. The molecule has 14 heteroatoms. The number of fused-ring (bicyclic) bond motifs is 2. The van der Waals surface area contributed by atoms with Crippen LogP contribution in [0.3, 0.4) is 0 Å². The molecule has 0 radical (unpaired) electrons. The number of morpholine rings is 1. The van der Waals surface area contributed by atoms with Crippen molar-refractivity contribution in [1.29, 1.82) is 0 Å². The highest BCUT2D eigenvalue weighted by atomic mass is 32.2. The normalized spacial score (nSPS) is 24.2. The van der Waals surface area contributed by atoms with Crippen molar-refractivity contribution in [2.45, 2.75) is 48.8 Å². The van der Waals surface area contributed by atoms with E-state index in [0.29, 0.717) is 37.6 Å². The Morgan fingerprint density at radius 1 is 1.29 bits per heavy atom. The number of aromatic nitrogens is 4. The molecule has 0 spiro atoms. The predicted molar refractivity (Wildman–Crippen MR) is 119 cm³/mol. The number of rotatable bonds is 6. The van der Waals surface area contributed by atoms with Gasteiger partial charge in [0.15, 0.2) is 15.8 Å². The van der Waals surface area contributed by atoms with Crippen molar-refractivity contribution in [1.82, 2.24) is 24.3 Å². The lowest BCUT2D eigenvalue weighted by molar-refractivity contribution is 0.0225. The summed E-state index contributed by atoms with van der Waals surface area (Å²) in [6.45, 7) is 3.81. The van der Waals surface area contributed by atoms with Gasteiger partial charge in [0.05, 0.1) is 43.3 Å². The van der Waals surface area contributed by atoms with Crippen molar-refractivity contribution < 1.29 is 26.7 Å². The second kappa shape index (κ2) is 7.88. The Labute approximate surface area is 197 Å². The van der Waals surface area contributed by atoms with E-state index in [4.69, 9.17) is 9.47 Å². The second-order valence-corrected chi connectivity index (χ2v) is 11.7. The number of imidazole rings is 1. The van der Waals surface area contributed by atoms with E-state index >= 15 is 0 Å². The van der Waals surface area contributed by atoms with Gasteiger partial charge in [0.1, 0.15) is 11.0 Å². The summed E-state index contributed by atoms with van der Waals surface area (Å²) in [7, 11) is -3.86. The van der Waals surface area contributed by atoms with Gasteiger partial charge in [0.25, 0.3) is 6.43 Å². The average Bonchev–Trinajstić information content (AvgIpc) is 3.26. The van der Waals surface area contributed by atoms with Crippen LogP contribution in [0.25, 0.3) is 16.3 Å². The molecule has 2 atom stereocenters. The molecule has 1 aliphatic carbocycles. The molecule has 0 amide bonds. The zero-order valence-corrected chi connectivity index (χ0v) is 19.8. The quantitative estimate of drug-likeness (QED) is 0.535. The van der Waals surface area contributed by atoms with Crippen molar-refractivity contribution in [3.63, 3.8) is 0 Å². The van der Waals surface area contributed by atoms with Crippen LogP contribution < -0.4 is 9.62 Å². The van der Waals surface area contributed by atoms with Crippen molar-refractivity contribution >= 4 is 32.6 Å². The molecular weight excluding hydrogens is 490 g/mol. The van der Waals surface area contributed by atoms with E-state index in [1.54, 1.807) is 16.7 Å². The topological polar surface area (TPSA) is 111 Å². The predicted octanol–water partition coefficient (Wildman–Crippen LogP) is 2.23. The summed E-state index contributed by atoms with van der Waals surface area (Å²) in [5, 5.41) is 7.19. The summed E-state index contributed by atoms with van der Waals surface area (Å²) in [5.74, 6) is 0.253. The van der Waals surface area contributed by atoms with Gasteiger partial charge in [-0.05, 0) is 25.8 Å². The van der Waals surface area contributed by atoms with Crippen LogP contribution in [0.5, 0.6) is 0 Å². The number of anilines is 1. The van der Waals surface area contributed by atoms with E-state index in [0.717, 1.165) is 24.2 Å². The number of hydrogen-bond donors (Lipinski definition) is 1. The molecule has 182 valence electrons. The lowest BCUT2D eigenvalue weighted by Crippen LogP contribution is -2.51. The lowest BCUT2D eigenvalue weighted by atomic mass is 10.1. The first-order chi connectivity index (χ1) is 16.2. The minimum atomic E-state index is -3.86. The smallest absolute Gasteiger partial charge is 0.291 e. The summed E-state index contributed by atoms with van der Waals surface area (Å²) < 4.78 is 68.7. The third-order valence-corrected chi connectivity index (χ3v) is 9.01. The van der Waals surface area contributed by atoms with Crippen LogP contribution in [0.1, 0.15) is 31.2 Å². The summed E-state index contributed by atoms with van der Waals surface area (Å²) in [5.41, 5.74) is 0.832. The third-order valence-electron chi connectivity index (χ3n) is 6.48. The van der Waals surface area contributed by atoms with Crippen LogP contribution in [0.4, 0.5) is 14.5 Å². The molecule has 5 heterocycles. The van der Waals surface area contributed by atoms with Gasteiger partial charge in [0.2, 0.25) is 10.0 Å². The highest BCUT2D eigenvalue weighted by Crippen LogP contribution is 2.38. The fourth-order valence-electron chi connectivity index (χ4n) is 4.42. The molecule has 3 aromatic rings. The molecule has 0 bridgehead atoms. The van der Waals surface area contributed by atoms with Gasteiger partial charge in [-0.15, -0.1) is 10.2 Å². The number of pyridine rings is 1. The summed E-state index contributed by atoms with van der Waals surface area (Å²) in [6.07, 6.45) is 1.73. The van der Waals surface area contributed by atoms with Gasteiger partial charge >= 0.3 is 0 Å². The minimum absolute atomic E-state index is 0.0583. The number of sulfonamides is 1. The van der Waals surface area contributed by atoms with E-state index in [1.165, 1.54) is 6.20 Å². The standard InChI is InChI=1S/C20H22F2N6O4S2/c1-20(2-3-20)26-34(29,30)11-6-12(27-4-5-32-15-10-31-9-14(15)27)13-7-23-17(28(13)8-11)19-25-24-18(33-19)16(21)22/h6-8,14-16,26H,2-5,9-10H2,1H3/t14-,15+/m0/s1. The third kappa shape index (κ3) is 3.77. The number of nitrogens with one attached hydrogen (secondary N) is 1. The number of alkyl halides is 2. The maximum atomic E-state index is 13.3. The van der Waals surface area contributed by atoms with E-state index in [1.807, 2.05) is 6.92 Å². The first kappa shape index (κ1) is 22.2. The molecule has 0 aromatic carbocycles. The molecule has 10 nitrogen and oxygen atoms in total. The first-order valence-electron chi connectivity index (χ1n) is 10.9. The van der Waals surface area contributed by atoms with Gasteiger partial charge in [-0.25, -0.2) is 26.9 Å². The van der Waals surface area contributed by atoms with E-state index < -0.39 is 27.0 Å². The fourth-order valence-corrected chi connectivity index (χ4v) is 6.59. The molecule has 1 saturated carbocycles.